The number of nitrogens with one attached hydrogen (secondary N) is 2. The topological polar surface area (TPSA) is 24.1 Å². The molecule has 0 aliphatic carbocycles. The van der Waals surface area contributed by atoms with Crippen LogP contribution in [0.4, 0.5) is 0 Å². The average molecular weight is 493 g/mol. The predicted octanol–water partition coefficient (Wildman–Crippen LogP) is 10.1. The normalized spacial score (nSPS) is 24.7. The van der Waals surface area contributed by atoms with Crippen molar-refractivity contribution in [2.24, 2.45) is 17.8 Å². The number of hydrogen-bond donors (Lipinski definition) is 2. The summed E-state index contributed by atoms with van der Waals surface area (Å²) in [6.45, 7) is 12.1. The van der Waals surface area contributed by atoms with Gasteiger partial charge in [0.25, 0.3) is 0 Å². The Labute approximate surface area is 223 Å². The lowest BCUT2D eigenvalue weighted by molar-refractivity contribution is 0.352. The largest absolute Gasteiger partial charge is 0.317 e. The molecule has 2 nitrogen and oxygen atoms in total. The average Bonchev–Trinajstić information content (AvgIpc) is 3.13. The molecule has 0 radical (unpaired) electrons. The van der Waals surface area contributed by atoms with Crippen molar-refractivity contribution in [3.63, 3.8) is 0 Å². The van der Waals surface area contributed by atoms with Gasteiger partial charge < -0.3 is 10.6 Å². The van der Waals surface area contributed by atoms with Gasteiger partial charge in [0.2, 0.25) is 0 Å². The van der Waals surface area contributed by atoms with Crippen LogP contribution < -0.4 is 10.6 Å². The molecule has 0 aromatic carbocycles. The van der Waals surface area contributed by atoms with Gasteiger partial charge >= 0.3 is 0 Å². The highest BCUT2D eigenvalue weighted by molar-refractivity contribution is 4.67. The van der Waals surface area contributed by atoms with Crippen LogP contribution in [0.2, 0.25) is 0 Å². The third kappa shape index (κ3) is 22.8. The molecule has 0 aromatic heterocycles. The Bertz CT molecular complexity index is 382. The smallest absolute Gasteiger partial charge is 0.00463 e. The van der Waals surface area contributed by atoms with Crippen LogP contribution >= 0.6 is 0 Å². The fourth-order valence-electron chi connectivity index (χ4n) is 5.97. The maximum Gasteiger partial charge on any atom is -0.00463 e. The Morgan fingerprint density at radius 3 is 1.66 bits per heavy atom. The Hall–Kier alpha value is -0.0800. The first kappa shape index (κ1) is 32.9. The summed E-state index contributed by atoms with van der Waals surface area (Å²) in [7, 11) is 0. The van der Waals surface area contributed by atoms with E-state index in [1.165, 1.54) is 174 Å². The quantitative estimate of drug-likeness (QED) is 0.329. The van der Waals surface area contributed by atoms with Crippen LogP contribution in [0.1, 0.15) is 168 Å². The van der Waals surface area contributed by atoms with Crippen LogP contribution in [-0.4, -0.2) is 26.2 Å². The van der Waals surface area contributed by atoms with E-state index < -0.39 is 0 Å². The van der Waals surface area contributed by atoms with Gasteiger partial charge in [0.05, 0.1) is 0 Å². The number of unbranched alkanes of at least 4 members (excludes halogenated alkanes) is 3. The minimum atomic E-state index is 0.886. The molecule has 2 heterocycles. The van der Waals surface area contributed by atoms with Crippen LogP contribution in [0.5, 0.6) is 0 Å². The molecule has 2 atom stereocenters. The molecule has 2 heteroatoms. The highest BCUT2D eigenvalue weighted by atomic mass is 14.8. The molecule has 0 spiro atoms. The fourth-order valence-corrected chi connectivity index (χ4v) is 5.97. The van der Waals surface area contributed by atoms with Crippen LogP contribution in [0.3, 0.4) is 0 Å². The third-order valence-electron chi connectivity index (χ3n) is 8.50. The summed E-state index contributed by atoms with van der Waals surface area (Å²) in [6, 6.07) is 0. The molecule has 2 rings (SSSR count). The molecule has 0 aromatic rings. The summed E-state index contributed by atoms with van der Waals surface area (Å²) in [6.07, 6.45) is 33.4. The van der Waals surface area contributed by atoms with Crippen molar-refractivity contribution in [2.45, 2.75) is 168 Å². The van der Waals surface area contributed by atoms with E-state index in [0.717, 1.165) is 17.8 Å². The standard InChI is InChI=1S/C21H43N.C12H25N/c1-20(2)16-17-21-14-10-6-3-4-8-12-18-22-19-13-9-5-7-11-15-21;1-2-3-4-5-7-12-8-6-10-13-11-9-12/h20-22H,3-19H2,1-2H3;12-13H,2-11H2,1H3. The van der Waals surface area contributed by atoms with Gasteiger partial charge in [0, 0.05) is 0 Å². The molecule has 2 fully saturated rings. The van der Waals surface area contributed by atoms with Crippen LogP contribution in [0.25, 0.3) is 0 Å². The molecule has 2 aliphatic heterocycles. The van der Waals surface area contributed by atoms with E-state index in [2.05, 4.69) is 31.4 Å². The van der Waals surface area contributed by atoms with Crippen LogP contribution in [-0.2, 0) is 0 Å². The summed E-state index contributed by atoms with van der Waals surface area (Å²) in [5.74, 6) is 2.95. The van der Waals surface area contributed by atoms with Crippen molar-refractivity contribution in [1.82, 2.24) is 10.6 Å². The Morgan fingerprint density at radius 1 is 0.514 bits per heavy atom. The maximum atomic E-state index is 3.61. The SMILES string of the molecule is CC(C)CCC1CCCCCCCCNCCCCCCC1.CCCCCCC1CCCNCC1. The first-order chi connectivity index (χ1) is 17.2. The van der Waals surface area contributed by atoms with Crippen molar-refractivity contribution >= 4 is 0 Å². The van der Waals surface area contributed by atoms with E-state index in [4.69, 9.17) is 0 Å². The monoisotopic (exact) mass is 493 g/mol. The van der Waals surface area contributed by atoms with Gasteiger partial charge in [-0.1, -0.05) is 136 Å². The van der Waals surface area contributed by atoms with Gasteiger partial charge in [-0.15, -0.1) is 0 Å². The molecule has 2 aliphatic rings. The first-order valence-electron chi connectivity index (χ1n) is 16.6. The zero-order valence-corrected chi connectivity index (χ0v) is 24.8. The van der Waals surface area contributed by atoms with Crippen molar-refractivity contribution in [3.05, 3.63) is 0 Å². The van der Waals surface area contributed by atoms with Crippen molar-refractivity contribution in [3.8, 4) is 0 Å². The minimum Gasteiger partial charge on any atom is -0.317 e. The van der Waals surface area contributed by atoms with Crippen molar-refractivity contribution in [1.29, 1.82) is 0 Å². The zero-order valence-electron chi connectivity index (χ0n) is 24.8. The van der Waals surface area contributed by atoms with Crippen LogP contribution in [0, 0.1) is 17.8 Å². The second-order valence-corrected chi connectivity index (χ2v) is 12.4. The Kier molecular flexibility index (Phi) is 24.1. The highest BCUT2D eigenvalue weighted by Crippen LogP contribution is 2.25. The summed E-state index contributed by atoms with van der Waals surface area (Å²) in [4.78, 5) is 0. The molecule has 2 N–H and O–H groups in total. The van der Waals surface area contributed by atoms with E-state index in [-0.39, 0.29) is 0 Å². The molecule has 2 saturated heterocycles. The number of hydrogen-bond acceptors (Lipinski definition) is 2. The Morgan fingerprint density at radius 2 is 1.03 bits per heavy atom. The lowest BCUT2D eigenvalue weighted by atomic mass is 9.88. The summed E-state index contributed by atoms with van der Waals surface area (Å²) in [5, 5.41) is 7.09. The molecule has 0 bridgehead atoms. The summed E-state index contributed by atoms with van der Waals surface area (Å²) < 4.78 is 0. The van der Waals surface area contributed by atoms with Crippen molar-refractivity contribution < 1.29 is 0 Å². The van der Waals surface area contributed by atoms with Crippen LogP contribution in [0.15, 0.2) is 0 Å². The number of rotatable bonds is 8. The molecule has 35 heavy (non-hydrogen) atoms. The molecule has 210 valence electrons. The lowest BCUT2D eigenvalue weighted by Crippen LogP contribution is -2.16. The second kappa shape index (κ2) is 25.6. The van der Waals surface area contributed by atoms with Gasteiger partial charge in [-0.3, -0.25) is 0 Å². The first-order valence-corrected chi connectivity index (χ1v) is 16.6. The molecule has 0 amide bonds. The lowest BCUT2D eigenvalue weighted by Gasteiger charge is -2.18. The summed E-state index contributed by atoms with van der Waals surface area (Å²) >= 11 is 0. The third-order valence-corrected chi connectivity index (χ3v) is 8.50. The zero-order chi connectivity index (χ0) is 25.2. The Balaban J connectivity index is 0.000000400. The van der Waals surface area contributed by atoms with Gasteiger partial charge in [0.15, 0.2) is 0 Å². The molecular weight excluding hydrogens is 424 g/mol. The van der Waals surface area contributed by atoms with Gasteiger partial charge in [-0.05, 0) is 76.0 Å². The maximum absolute atomic E-state index is 3.61. The molecule has 2 unspecified atom stereocenters. The molecular formula is C33H68N2. The van der Waals surface area contributed by atoms with Gasteiger partial charge in [-0.25, -0.2) is 0 Å². The highest BCUT2D eigenvalue weighted by Gasteiger charge is 2.11. The second-order valence-electron chi connectivity index (χ2n) is 12.4. The van der Waals surface area contributed by atoms with E-state index in [9.17, 15) is 0 Å². The van der Waals surface area contributed by atoms with E-state index in [1.807, 2.05) is 0 Å². The van der Waals surface area contributed by atoms with Crippen molar-refractivity contribution in [2.75, 3.05) is 26.2 Å². The molecule has 0 saturated carbocycles. The predicted molar refractivity (Wildman–Crippen MR) is 159 cm³/mol. The summed E-state index contributed by atoms with van der Waals surface area (Å²) in [5.41, 5.74) is 0. The van der Waals surface area contributed by atoms with Gasteiger partial charge in [-0.2, -0.15) is 0 Å². The fraction of sp³-hybridized carbons (Fsp3) is 1.00. The minimum absolute atomic E-state index is 0.886. The van der Waals surface area contributed by atoms with E-state index in [0.29, 0.717) is 0 Å². The van der Waals surface area contributed by atoms with E-state index in [1.54, 1.807) is 0 Å². The van der Waals surface area contributed by atoms with Gasteiger partial charge in [0.1, 0.15) is 0 Å². The van der Waals surface area contributed by atoms with E-state index >= 15 is 0 Å².